The summed E-state index contributed by atoms with van der Waals surface area (Å²) in [5, 5.41) is 0. The van der Waals surface area contributed by atoms with Gasteiger partial charge in [-0.15, -0.1) is 0 Å². The van der Waals surface area contributed by atoms with Crippen LogP contribution in [-0.2, 0) is 33.2 Å². The smallest absolute Gasteiger partial charge is 0.458 e. The molecular weight excluding hydrogens is 442 g/mol. The maximum absolute atomic E-state index is 12.9. The van der Waals surface area contributed by atoms with E-state index in [1.807, 2.05) is 14.1 Å². The SMILES string of the molecule is CC(C)[C@]12O[C@H]1[C@@H]1O[C@]13[C@]1(O[C@H]1C[C@H]1C4=C(CC[C@@]13C)C(=O)OC4)[C@@H]2OC(=O)OCC[NH+](C)C. The lowest BCUT2D eigenvalue weighted by atomic mass is 9.46. The van der Waals surface area contributed by atoms with E-state index in [1.54, 1.807) is 0 Å². The minimum absolute atomic E-state index is 0.0962. The first-order chi connectivity index (χ1) is 16.1. The summed E-state index contributed by atoms with van der Waals surface area (Å²) in [6, 6.07) is 0. The monoisotopic (exact) mass is 476 g/mol. The highest BCUT2D eigenvalue weighted by molar-refractivity contribution is 5.92. The van der Waals surface area contributed by atoms with Crippen molar-refractivity contribution in [3.05, 3.63) is 11.1 Å². The number of rotatable bonds is 5. The molecule has 5 fully saturated rings. The second-order valence-corrected chi connectivity index (χ2v) is 12.1. The van der Waals surface area contributed by atoms with Gasteiger partial charge in [-0.3, -0.25) is 0 Å². The number of epoxide rings is 3. The normalized spacial score (nSPS) is 50.9. The number of esters is 1. The van der Waals surface area contributed by atoms with Crippen molar-refractivity contribution < 1.29 is 42.9 Å². The van der Waals surface area contributed by atoms with Gasteiger partial charge in [0.15, 0.2) is 11.7 Å². The van der Waals surface area contributed by atoms with Crippen LogP contribution in [0.3, 0.4) is 0 Å². The second kappa shape index (κ2) is 6.35. The lowest BCUT2D eigenvalue weighted by molar-refractivity contribution is -0.858. The Morgan fingerprint density at radius 1 is 1.21 bits per heavy atom. The van der Waals surface area contributed by atoms with Crippen LogP contribution in [0.15, 0.2) is 11.1 Å². The molecule has 7 rings (SSSR count). The van der Waals surface area contributed by atoms with Gasteiger partial charge in [0, 0.05) is 11.0 Å². The van der Waals surface area contributed by atoms with E-state index in [4.69, 9.17) is 28.4 Å². The number of nitrogens with one attached hydrogen (secondary N) is 1. The number of quaternary nitrogens is 1. The number of carbonyl (C=O) groups is 2. The molecule has 4 heterocycles. The van der Waals surface area contributed by atoms with Crippen molar-refractivity contribution in [2.45, 2.75) is 81.3 Å². The van der Waals surface area contributed by atoms with Crippen LogP contribution >= 0.6 is 0 Å². The minimum atomic E-state index is -0.743. The van der Waals surface area contributed by atoms with Crippen molar-refractivity contribution in [1.82, 2.24) is 0 Å². The molecule has 0 aromatic carbocycles. The first-order valence-electron chi connectivity index (χ1n) is 12.7. The maximum Gasteiger partial charge on any atom is 0.508 e. The average Bonchev–Trinajstić information content (AvgIpc) is 3.67. The van der Waals surface area contributed by atoms with E-state index in [9.17, 15) is 9.59 Å². The zero-order valence-corrected chi connectivity index (χ0v) is 20.5. The quantitative estimate of drug-likeness (QED) is 0.450. The molecule has 4 aliphatic heterocycles. The third-order valence-electron chi connectivity index (χ3n) is 10.1. The summed E-state index contributed by atoms with van der Waals surface area (Å²) in [7, 11) is 4.02. The van der Waals surface area contributed by atoms with Crippen molar-refractivity contribution in [2.75, 3.05) is 33.9 Å². The van der Waals surface area contributed by atoms with E-state index < -0.39 is 29.1 Å². The van der Waals surface area contributed by atoms with Gasteiger partial charge in [-0.05, 0) is 36.7 Å². The molecule has 3 saturated heterocycles. The highest BCUT2D eigenvalue weighted by atomic mass is 16.8. The highest BCUT2D eigenvalue weighted by Gasteiger charge is 3.01. The van der Waals surface area contributed by atoms with Crippen LogP contribution in [-0.4, -0.2) is 87.2 Å². The number of cyclic esters (lactones) is 1. The zero-order valence-electron chi connectivity index (χ0n) is 20.5. The van der Waals surface area contributed by atoms with Gasteiger partial charge in [0.2, 0.25) is 0 Å². The van der Waals surface area contributed by atoms with Crippen LogP contribution in [0, 0.1) is 17.3 Å². The topological polar surface area (TPSA) is 104 Å². The Balaban J connectivity index is 1.25. The van der Waals surface area contributed by atoms with Gasteiger partial charge in [-0.25, -0.2) is 9.59 Å². The van der Waals surface area contributed by atoms with Crippen LogP contribution < -0.4 is 4.90 Å². The predicted octanol–water partition coefficient (Wildman–Crippen LogP) is 0.409. The molecule has 2 saturated carbocycles. The van der Waals surface area contributed by atoms with Gasteiger partial charge in [0.05, 0.1) is 20.2 Å². The van der Waals surface area contributed by atoms with E-state index in [-0.39, 0.29) is 41.5 Å². The molecule has 0 aromatic heterocycles. The third-order valence-corrected chi connectivity index (χ3v) is 10.1. The molecule has 2 spiro atoms. The molecule has 9 nitrogen and oxygen atoms in total. The molecule has 9 heteroatoms. The van der Waals surface area contributed by atoms with E-state index in [0.29, 0.717) is 26.2 Å². The largest absolute Gasteiger partial charge is 0.508 e. The molecule has 0 amide bonds. The number of carbonyl (C=O) groups excluding carboxylic acids is 2. The molecule has 3 aliphatic carbocycles. The standard InChI is InChI=1S/C25H33NO8/c1-12(2)23-17(33-23)18-25(34-18)22(3)7-6-13-14(11-30-19(13)27)15(22)10-16-24(25,32-16)20(23)31-21(28)29-9-8-26(4)5/h12,15-18,20H,6-11H2,1-5H3/p+1/t15-,16-,17-,18-,20+,22-,23-,24+,25+/m0/s1. The number of ether oxygens (including phenoxy) is 6. The third kappa shape index (κ3) is 2.22. The van der Waals surface area contributed by atoms with Gasteiger partial charge in [-0.2, -0.15) is 0 Å². The van der Waals surface area contributed by atoms with Gasteiger partial charge >= 0.3 is 12.1 Å². The number of hydrogen-bond donors (Lipinski definition) is 1. The Labute approximate surface area is 199 Å². The Morgan fingerprint density at radius 3 is 2.74 bits per heavy atom. The van der Waals surface area contributed by atoms with Gasteiger partial charge in [-0.1, -0.05) is 20.8 Å². The van der Waals surface area contributed by atoms with Crippen LogP contribution in [0.5, 0.6) is 0 Å². The summed E-state index contributed by atoms with van der Waals surface area (Å²) in [5.74, 6) is 0.0946. The number of likely N-dealkylation sites (N-methyl/N-ethyl adjacent to an activating group) is 1. The van der Waals surface area contributed by atoms with Crippen LogP contribution in [0.25, 0.3) is 0 Å². The average molecular weight is 477 g/mol. The minimum Gasteiger partial charge on any atom is -0.458 e. The van der Waals surface area contributed by atoms with E-state index in [0.717, 1.165) is 24.0 Å². The molecule has 0 aromatic rings. The van der Waals surface area contributed by atoms with Crippen molar-refractivity contribution in [3.8, 4) is 0 Å². The Bertz CT molecular complexity index is 1020. The van der Waals surface area contributed by atoms with Crippen molar-refractivity contribution >= 4 is 12.1 Å². The van der Waals surface area contributed by atoms with Crippen LogP contribution in [0.4, 0.5) is 4.79 Å². The summed E-state index contributed by atoms with van der Waals surface area (Å²) in [6.07, 6.45) is 0.632. The molecule has 7 aliphatic rings. The zero-order chi connectivity index (χ0) is 23.8. The van der Waals surface area contributed by atoms with Crippen LogP contribution in [0.2, 0.25) is 0 Å². The number of hydrogen-bond acceptors (Lipinski definition) is 8. The number of fused-ring (bicyclic) bond motifs is 4. The lowest BCUT2D eigenvalue weighted by Gasteiger charge is -2.53. The van der Waals surface area contributed by atoms with Gasteiger partial charge < -0.3 is 33.3 Å². The Morgan fingerprint density at radius 2 is 2.00 bits per heavy atom. The fraction of sp³-hybridized carbons (Fsp3) is 0.840. The summed E-state index contributed by atoms with van der Waals surface area (Å²) < 4.78 is 36.7. The molecule has 186 valence electrons. The Hall–Kier alpha value is -1.68. The first-order valence-corrected chi connectivity index (χ1v) is 12.7. The van der Waals surface area contributed by atoms with Crippen molar-refractivity contribution in [2.24, 2.45) is 17.3 Å². The highest BCUT2D eigenvalue weighted by Crippen LogP contribution is 2.83. The molecule has 0 bridgehead atoms. The van der Waals surface area contributed by atoms with E-state index in [1.165, 1.54) is 4.90 Å². The molecule has 34 heavy (non-hydrogen) atoms. The predicted molar refractivity (Wildman–Crippen MR) is 115 cm³/mol. The molecule has 0 unspecified atom stereocenters. The van der Waals surface area contributed by atoms with E-state index >= 15 is 0 Å². The summed E-state index contributed by atoms with van der Waals surface area (Å²) in [6.45, 7) is 7.83. The molecule has 9 atom stereocenters. The van der Waals surface area contributed by atoms with Gasteiger partial charge in [0.1, 0.15) is 43.2 Å². The van der Waals surface area contributed by atoms with Crippen LogP contribution in [0.1, 0.15) is 40.0 Å². The Kier molecular flexibility index (Phi) is 4.03. The summed E-state index contributed by atoms with van der Waals surface area (Å²) >= 11 is 0. The fourth-order valence-corrected chi connectivity index (χ4v) is 8.31. The summed E-state index contributed by atoms with van der Waals surface area (Å²) in [4.78, 5) is 26.3. The first kappa shape index (κ1) is 21.6. The molecule has 1 N–H and O–H groups in total. The molecular formula is C25H34NO8+. The maximum atomic E-state index is 12.9. The van der Waals surface area contributed by atoms with E-state index in [2.05, 4.69) is 20.8 Å². The van der Waals surface area contributed by atoms with Crippen molar-refractivity contribution in [3.63, 3.8) is 0 Å². The van der Waals surface area contributed by atoms with Gasteiger partial charge in [0.25, 0.3) is 0 Å². The summed E-state index contributed by atoms with van der Waals surface area (Å²) in [5.41, 5.74) is -0.263. The fourth-order valence-electron chi connectivity index (χ4n) is 8.31. The van der Waals surface area contributed by atoms with Crippen molar-refractivity contribution in [1.29, 1.82) is 0 Å². The lowest BCUT2D eigenvalue weighted by Crippen LogP contribution is -3.06. The second-order valence-electron chi connectivity index (χ2n) is 12.1. The molecule has 0 radical (unpaired) electrons.